The lowest BCUT2D eigenvalue weighted by Crippen LogP contribution is -2.10. The molecular weight excluding hydrogens is 741 g/mol. The molecule has 2 heterocycles. The third kappa shape index (κ3) is 5.82. The van der Waals surface area contributed by atoms with Crippen LogP contribution < -0.4 is 4.90 Å². The molecular formula is C58H38N2O. The van der Waals surface area contributed by atoms with Gasteiger partial charge in [0.15, 0.2) is 0 Å². The number of aromatic nitrogens is 1. The summed E-state index contributed by atoms with van der Waals surface area (Å²) < 4.78 is 9.14. The van der Waals surface area contributed by atoms with Crippen molar-refractivity contribution in [3.05, 3.63) is 231 Å². The summed E-state index contributed by atoms with van der Waals surface area (Å²) in [5.41, 5.74) is 15.5. The molecule has 0 saturated carbocycles. The Labute approximate surface area is 353 Å². The first-order valence-electron chi connectivity index (χ1n) is 20.8. The molecule has 10 aromatic carbocycles. The van der Waals surface area contributed by atoms with E-state index in [1.54, 1.807) is 0 Å². The lowest BCUT2D eigenvalue weighted by atomic mass is 9.94. The first-order valence-corrected chi connectivity index (χ1v) is 20.8. The fraction of sp³-hybridized carbons (Fsp3) is 0. The van der Waals surface area contributed by atoms with E-state index in [0.29, 0.717) is 0 Å². The summed E-state index contributed by atoms with van der Waals surface area (Å²) in [6.45, 7) is 0. The van der Waals surface area contributed by atoms with E-state index in [-0.39, 0.29) is 0 Å². The number of nitrogens with zero attached hydrogens (tertiary/aromatic N) is 2. The molecule has 12 rings (SSSR count). The van der Waals surface area contributed by atoms with Crippen molar-refractivity contribution in [2.75, 3.05) is 4.90 Å². The molecule has 0 bridgehead atoms. The largest absolute Gasteiger partial charge is 0.456 e. The number of benzene rings is 10. The Morgan fingerprint density at radius 3 is 1.54 bits per heavy atom. The number of fused-ring (bicyclic) bond motifs is 8. The van der Waals surface area contributed by atoms with E-state index in [1.165, 1.54) is 60.6 Å². The molecule has 286 valence electrons. The summed E-state index contributed by atoms with van der Waals surface area (Å²) in [6, 6.07) is 82.8. The average molecular weight is 779 g/mol. The Balaban J connectivity index is 1.06. The second kappa shape index (κ2) is 14.3. The average Bonchev–Trinajstić information content (AvgIpc) is 3.89. The predicted octanol–water partition coefficient (Wildman–Crippen LogP) is 16.3. The van der Waals surface area contributed by atoms with Gasteiger partial charge in [0, 0.05) is 33.2 Å². The molecule has 0 aliphatic heterocycles. The zero-order valence-corrected chi connectivity index (χ0v) is 33.2. The van der Waals surface area contributed by atoms with Crippen LogP contribution in [0.15, 0.2) is 235 Å². The molecule has 0 radical (unpaired) electrons. The zero-order valence-electron chi connectivity index (χ0n) is 33.2. The molecule has 0 saturated heterocycles. The van der Waals surface area contributed by atoms with Crippen molar-refractivity contribution in [1.29, 1.82) is 0 Å². The summed E-state index contributed by atoms with van der Waals surface area (Å²) in [6.07, 6.45) is 0. The first-order chi connectivity index (χ1) is 30.3. The summed E-state index contributed by atoms with van der Waals surface area (Å²) in [5.74, 6) is 0. The Bertz CT molecular complexity index is 3470. The Morgan fingerprint density at radius 1 is 0.328 bits per heavy atom. The molecule has 0 spiro atoms. The fourth-order valence-electron chi connectivity index (χ4n) is 9.38. The number of hydrogen-bond acceptors (Lipinski definition) is 2. The van der Waals surface area contributed by atoms with Crippen LogP contribution >= 0.6 is 0 Å². The van der Waals surface area contributed by atoms with Crippen LogP contribution in [-0.2, 0) is 0 Å². The molecule has 0 amide bonds. The smallest absolute Gasteiger partial charge is 0.137 e. The minimum Gasteiger partial charge on any atom is -0.456 e. The number of furan rings is 1. The Morgan fingerprint density at radius 2 is 0.852 bits per heavy atom. The highest BCUT2D eigenvalue weighted by Crippen LogP contribution is 2.47. The maximum Gasteiger partial charge on any atom is 0.137 e. The third-order valence-electron chi connectivity index (χ3n) is 12.2. The lowest BCUT2D eigenvalue weighted by molar-refractivity contribution is 0.669. The Kier molecular flexibility index (Phi) is 8.17. The van der Waals surface area contributed by atoms with E-state index < -0.39 is 0 Å². The van der Waals surface area contributed by atoms with E-state index >= 15 is 0 Å². The molecule has 12 aromatic rings. The molecule has 0 fully saturated rings. The number of para-hydroxylation sites is 2. The highest BCUT2D eigenvalue weighted by molar-refractivity contribution is 6.25. The van der Waals surface area contributed by atoms with Crippen molar-refractivity contribution in [1.82, 2.24) is 4.57 Å². The van der Waals surface area contributed by atoms with Gasteiger partial charge in [-0.25, -0.2) is 0 Å². The van der Waals surface area contributed by atoms with Crippen molar-refractivity contribution >= 4 is 71.6 Å². The minimum atomic E-state index is 0.853. The maximum absolute atomic E-state index is 6.75. The van der Waals surface area contributed by atoms with Gasteiger partial charge in [-0.15, -0.1) is 0 Å². The second-order valence-corrected chi connectivity index (χ2v) is 15.7. The van der Waals surface area contributed by atoms with E-state index in [4.69, 9.17) is 4.42 Å². The maximum atomic E-state index is 6.75. The molecule has 3 nitrogen and oxygen atoms in total. The van der Waals surface area contributed by atoms with Gasteiger partial charge in [0.05, 0.1) is 22.1 Å². The van der Waals surface area contributed by atoms with E-state index in [0.717, 1.165) is 50.1 Å². The number of anilines is 3. The van der Waals surface area contributed by atoms with Crippen LogP contribution in [0.25, 0.3) is 93.6 Å². The van der Waals surface area contributed by atoms with Crippen molar-refractivity contribution in [3.8, 4) is 39.1 Å². The normalized spacial score (nSPS) is 11.6. The van der Waals surface area contributed by atoms with E-state index in [1.807, 2.05) is 0 Å². The van der Waals surface area contributed by atoms with Crippen LogP contribution in [0.4, 0.5) is 17.1 Å². The molecule has 0 unspecified atom stereocenters. The molecule has 0 atom stereocenters. The van der Waals surface area contributed by atoms with Crippen LogP contribution in [-0.4, -0.2) is 4.57 Å². The molecule has 61 heavy (non-hydrogen) atoms. The van der Waals surface area contributed by atoms with Gasteiger partial charge >= 0.3 is 0 Å². The van der Waals surface area contributed by atoms with Gasteiger partial charge < -0.3 is 13.9 Å². The molecule has 0 aliphatic rings. The summed E-state index contributed by atoms with van der Waals surface area (Å²) >= 11 is 0. The predicted molar refractivity (Wildman–Crippen MR) is 257 cm³/mol. The van der Waals surface area contributed by atoms with Gasteiger partial charge in [-0.1, -0.05) is 164 Å². The highest BCUT2D eigenvalue weighted by Gasteiger charge is 2.22. The quantitative estimate of drug-likeness (QED) is 0.161. The lowest BCUT2D eigenvalue weighted by Gasteiger charge is -2.27. The molecule has 3 heteroatoms. The van der Waals surface area contributed by atoms with Gasteiger partial charge in [0.2, 0.25) is 0 Å². The zero-order chi connectivity index (χ0) is 40.3. The van der Waals surface area contributed by atoms with Gasteiger partial charge in [-0.05, 0) is 111 Å². The minimum absolute atomic E-state index is 0.853. The summed E-state index contributed by atoms with van der Waals surface area (Å²) in [4.78, 5) is 2.37. The van der Waals surface area contributed by atoms with Gasteiger partial charge in [0.1, 0.15) is 11.2 Å². The number of rotatable bonds is 7. The van der Waals surface area contributed by atoms with Crippen LogP contribution in [0.3, 0.4) is 0 Å². The van der Waals surface area contributed by atoms with E-state index in [9.17, 15) is 0 Å². The summed E-state index contributed by atoms with van der Waals surface area (Å²) in [5, 5.41) is 7.02. The Hall–Kier alpha value is -8.14. The molecule has 2 aromatic heterocycles. The van der Waals surface area contributed by atoms with Crippen LogP contribution in [0.2, 0.25) is 0 Å². The van der Waals surface area contributed by atoms with Crippen molar-refractivity contribution in [2.24, 2.45) is 0 Å². The standard InChI is InChI=1S/C58H38N2O/c1-4-14-39(15-5-1)41-26-31-45(32-27-41)59(46-33-28-42(29-34-46)40-16-6-2-7-17-40)53-24-13-25-55-58(53)57-51-22-12-21-47(48(51)36-37-56(57)61-55)43-30-35-50-49-20-10-11-23-52(49)60(54(50)38-43)44-18-8-3-9-19-44/h1-38H. The monoisotopic (exact) mass is 778 g/mol. The van der Waals surface area contributed by atoms with Crippen molar-refractivity contribution in [2.45, 2.75) is 0 Å². The molecule has 0 aliphatic carbocycles. The topological polar surface area (TPSA) is 21.3 Å². The van der Waals surface area contributed by atoms with Gasteiger partial charge in [-0.2, -0.15) is 0 Å². The molecule has 0 N–H and O–H groups in total. The summed E-state index contributed by atoms with van der Waals surface area (Å²) in [7, 11) is 0. The fourth-order valence-corrected chi connectivity index (χ4v) is 9.38. The van der Waals surface area contributed by atoms with Gasteiger partial charge in [-0.3, -0.25) is 0 Å². The van der Waals surface area contributed by atoms with E-state index in [2.05, 4.69) is 240 Å². The van der Waals surface area contributed by atoms with Crippen LogP contribution in [0, 0.1) is 0 Å². The van der Waals surface area contributed by atoms with Crippen LogP contribution in [0.1, 0.15) is 0 Å². The van der Waals surface area contributed by atoms with Crippen LogP contribution in [0.5, 0.6) is 0 Å². The second-order valence-electron chi connectivity index (χ2n) is 15.7. The van der Waals surface area contributed by atoms with Crippen molar-refractivity contribution < 1.29 is 4.42 Å². The SMILES string of the molecule is c1ccc(-c2ccc(N(c3ccc(-c4ccccc4)cc3)c3cccc4oc5ccc6c(-c7ccc8c9ccccc9n(-c9ccccc9)c8c7)cccc6c5c34)cc2)cc1. The number of hydrogen-bond donors (Lipinski definition) is 0. The highest BCUT2D eigenvalue weighted by atomic mass is 16.3. The van der Waals surface area contributed by atoms with Crippen molar-refractivity contribution in [3.63, 3.8) is 0 Å². The third-order valence-corrected chi connectivity index (χ3v) is 12.2. The first kappa shape index (κ1) is 34.9. The van der Waals surface area contributed by atoms with Gasteiger partial charge in [0.25, 0.3) is 0 Å².